The molecule has 0 aliphatic carbocycles. The smallest absolute Gasteiger partial charge is 0.325 e. The molecular formula is C15H19ClN6O2. The first kappa shape index (κ1) is 17.8. The van der Waals surface area contributed by atoms with E-state index in [9.17, 15) is 4.79 Å². The Morgan fingerprint density at radius 1 is 1.29 bits per heavy atom. The third kappa shape index (κ3) is 5.56. The maximum atomic E-state index is 12.1. The van der Waals surface area contributed by atoms with Gasteiger partial charge in [-0.05, 0) is 32.3 Å². The number of likely N-dealkylation sites (N-methyl/N-ethyl adjacent to an activating group) is 1. The number of ether oxygens (including phenoxy) is 1. The molecule has 1 heterocycles. The molecular weight excluding hydrogens is 332 g/mol. The fourth-order valence-electron chi connectivity index (χ4n) is 1.74. The van der Waals surface area contributed by atoms with Crippen LogP contribution in [-0.4, -0.2) is 48.1 Å². The first-order valence-electron chi connectivity index (χ1n) is 7.16. The molecule has 1 aromatic carbocycles. The molecule has 0 atom stereocenters. The first-order chi connectivity index (χ1) is 11.4. The summed E-state index contributed by atoms with van der Waals surface area (Å²) in [5, 5.41) is 5.72. The van der Waals surface area contributed by atoms with Crippen molar-refractivity contribution in [2.75, 3.05) is 43.6 Å². The number of amides is 2. The van der Waals surface area contributed by atoms with E-state index in [0.717, 1.165) is 6.54 Å². The van der Waals surface area contributed by atoms with Crippen molar-refractivity contribution in [1.29, 1.82) is 0 Å². The number of anilines is 3. The summed E-state index contributed by atoms with van der Waals surface area (Å²) in [5.74, 6) is 1.07. The largest absolute Gasteiger partial charge is 0.490 e. The Morgan fingerprint density at radius 3 is 2.75 bits per heavy atom. The van der Waals surface area contributed by atoms with Gasteiger partial charge in [-0.2, -0.15) is 0 Å². The highest BCUT2D eigenvalue weighted by Gasteiger charge is 2.10. The molecule has 0 radical (unpaired) electrons. The molecule has 2 amide bonds. The SMILES string of the molecule is CN(C)CCOc1ccc(Cl)cc1NC(=O)Nc1cnc(N)cn1. The van der Waals surface area contributed by atoms with Gasteiger partial charge in [-0.1, -0.05) is 11.6 Å². The van der Waals surface area contributed by atoms with Crippen molar-refractivity contribution in [3.63, 3.8) is 0 Å². The molecule has 0 fully saturated rings. The average molecular weight is 351 g/mol. The molecule has 0 spiro atoms. The monoisotopic (exact) mass is 350 g/mol. The number of urea groups is 1. The Bertz CT molecular complexity index is 693. The average Bonchev–Trinajstić information content (AvgIpc) is 2.51. The van der Waals surface area contributed by atoms with Gasteiger partial charge in [0.25, 0.3) is 0 Å². The van der Waals surface area contributed by atoms with Gasteiger partial charge >= 0.3 is 6.03 Å². The predicted molar refractivity (Wildman–Crippen MR) is 94.6 cm³/mol. The number of halogens is 1. The normalized spacial score (nSPS) is 10.5. The zero-order valence-corrected chi connectivity index (χ0v) is 14.2. The Morgan fingerprint density at radius 2 is 2.08 bits per heavy atom. The summed E-state index contributed by atoms with van der Waals surface area (Å²) < 4.78 is 5.68. The number of nitrogens with two attached hydrogens (primary N) is 1. The lowest BCUT2D eigenvalue weighted by Crippen LogP contribution is -2.22. The summed E-state index contributed by atoms with van der Waals surface area (Å²) in [6, 6.07) is 4.52. The molecule has 128 valence electrons. The summed E-state index contributed by atoms with van der Waals surface area (Å²) in [5.41, 5.74) is 5.91. The summed E-state index contributed by atoms with van der Waals surface area (Å²) in [7, 11) is 3.90. The van der Waals surface area contributed by atoms with Crippen molar-refractivity contribution in [1.82, 2.24) is 14.9 Å². The van der Waals surface area contributed by atoms with Gasteiger partial charge in [0.15, 0.2) is 5.82 Å². The molecule has 0 unspecified atom stereocenters. The van der Waals surface area contributed by atoms with Crippen LogP contribution in [0.1, 0.15) is 0 Å². The van der Waals surface area contributed by atoms with Crippen molar-refractivity contribution in [2.24, 2.45) is 0 Å². The molecule has 2 rings (SSSR count). The molecule has 4 N–H and O–H groups in total. The van der Waals surface area contributed by atoms with Gasteiger partial charge in [0.2, 0.25) is 0 Å². The molecule has 24 heavy (non-hydrogen) atoms. The number of rotatable bonds is 6. The van der Waals surface area contributed by atoms with E-state index in [1.165, 1.54) is 12.4 Å². The summed E-state index contributed by atoms with van der Waals surface area (Å²) in [6.07, 6.45) is 2.71. The van der Waals surface area contributed by atoms with Crippen molar-refractivity contribution >= 4 is 35.0 Å². The minimum atomic E-state index is -0.492. The lowest BCUT2D eigenvalue weighted by atomic mass is 10.3. The lowest BCUT2D eigenvalue weighted by molar-refractivity contribution is 0.258. The van der Waals surface area contributed by atoms with Crippen LogP contribution < -0.4 is 21.1 Å². The Labute approximate surface area is 145 Å². The van der Waals surface area contributed by atoms with Crippen molar-refractivity contribution in [3.8, 4) is 5.75 Å². The number of hydrogen-bond donors (Lipinski definition) is 3. The van der Waals surface area contributed by atoms with Crippen LogP contribution in [0.15, 0.2) is 30.6 Å². The molecule has 0 aliphatic heterocycles. The maximum absolute atomic E-state index is 12.1. The fraction of sp³-hybridized carbons (Fsp3) is 0.267. The van der Waals surface area contributed by atoms with Crippen LogP contribution in [0.25, 0.3) is 0 Å². The quantitative estimate of drug-likeness (QED) is 0.738. The number of aromatic nitrogens is 2. The van der Waals surface area contributed by atoms with Crippen molar-refractivity contribution in [3.05, 3.63) is 35.6 Å². The highest BCUT2D eigenvalue weighted by molar-refractivity contribution is 6.31. The second-order valence-corrected chi connectivity index (χ2v) is 5.63. The summed E-state index contributed by atoms with van der Waals surface area (Å²) in [6.45, 7) is 1.23. The molecule has 1 aromatic heterocycles. The molecule has 0 saturated heterocycles. The van der Waals surface area contributed by atoms with Gasteiger partial charge in [-0.15, -0.1) is 0 Å². The first-order valence-corrected chi connectivity index (χ1v) is 7.54. The zero-order valence-electron chi connectivity index (χ0n) is 13.4. The third-order valence-electron chi connectivity index (χ3n) is 2.90. The van der Waals surface area contributed by atoms with E-state index in [-0.39, 0.29) is 11.6 Å². The molecule has 0 saturated carbocycles. The fourth-order valence-corrected chi connectivity index (χ4v) is 1.91. The van der Waals surface area contributed by atoms with Crippen LogP contribution in [0.3, 0.4) is 0 Å². The minimum Gasteiger partial charge on any atom is -0.490 e. The standard InChI is InChI=1S/C15H19ClN6O2/c1-22(2)5-6-24-12-4-3-10(16)7-11(12)20-15(23)21-14-9-18-13(17)8-19-14/h3-4,7-9H,5-6H2,1-2H3,(H2,17,18)(H2,19,20,21,23). The number of nitrogen functional groups attached to an aromatic ring is 1. The number of nitrogens with one attached hydrogen (secondary N) is 2. The van der Waals surface area contributed by atoms with Gasteiger partial charge in [-0.25, -0.2) is 14.8 Å². The molecule has 0 bridgehead atoms. The highest BCUT2D eigenvalue weighted by atomic mass is 35.5. The van der Waals surface area contributed by atoms with Crippen LogP contribution in [0.2, 0.25) is 5.02 Å². The minimum absolute atomic E-state index is 0.271. The van der Waals surface area contributed by atoms with Gasteiger partial charge < -0.3 is 20.7 Å². The van der Waals surface area contributed by atoms with E-state index >= 15 is 0 Å². The van der Waals surface area contributed by atoms with Crippen LogP contribution in [0.4, 0.5) is 22.1 Å². The topological polar surface area (TPSA) is 105 Å². The Hall–Kier alpha value is -2.58. The molecule has 8 nitrogen and oxygen atoms in total. The number of carbonyl (C=O) groups is 1. The number of hydrogen-bond acceptors (Lipinski definition) is 6. The molecule has 9 heteroatoms. The number of nitrogens with zero attached hydrogens (tertiary/aromatic N) is 3. The summed E-state index contributed by atoms with van der Waals surface area (Å²) in [4.78, 5) is 21.9. The van der Waals surface area contributed by atoms with E-state index in [0.29, 0.717) is 23.1 Å². The zero-order chi connectivity index (χ0) is 17.5. The third-order valence-corrected chi connectivity index (χ3v) is 3.13. The van der Waals surface area contributed by atoms with Gasteiger partial charge in [0, 0.05) is 11.6 Å². The van der Waals surface area contributed by atoms with Crippen molar-refractivity contribution < 1.29 is 9.53 Å². The van der Waals surface area contributed by atoms with E-state index in [1.54, 1.807) is 18.2 Å². The number of benzene rings is 1. The van der Waals surface area contributed by atoms with Gasteiger partial charge in [0.05, 0.1) is 18.1 Å². The van der Waals surface area contributed by atoms with E-state index in [2.05, 4.69) is 20.6 Å². The van der Waals surface area contributed by atoms with Crippen LogP contribution in [0.5, 0.6) is 5.75 Å². The van der Waals surface area contributed by atoms with Crippen LogP contribution >= 0.6 is 11.6 Å². The van der Waals surface area contributed by atoms with E-state index in [1.807, 2.05) is 19.0 Å². The molecule has 0 aliphatic rings. The van der Waals surface area contributed by atoms with Crippen molar-refractivity contribution in [2.45, 2.75) is 0 Å². The lowest BCUT2D eigenvalue weighted by Gasteiger charge is -2.15. The molecule has 2 aromatic rings. The Balaban J connectivity index is 2.02. The predicted octanol–water partition coefficient (Wildman–Crippen LogP) is 2.30. The highest BCUT2D eigenvalue weighted by Crippen LogP contribution is 2.28. The second-order valence-electron chi connectivity index (χ2n) is 5.20. The Kier molecular flexibility index (Phi) is 6.16. The van der Waals surface area contributed by atoms with Gasteiger partial charge in [-0.3, -0.25) is 5.32 Å². The second kappa shape index (κ2) is 8.32. The summed E-state index contributed by atoms with van der Waals surface area (Å²) >= 11 is 5.99. The maximum Gasteiger partial charge on any atom is 0.325 e. The van der Waals surface area contributed by atoms with Gasteiger partial charge in [0.1, 0.15) is 18.2 Å². The van der Waals surface area contributed by atoms with Crippen LogP contribution in [-0.2, 0) is 0 Å². The van der Waals surface area contributed by atoms with Crippen LogP contribution in [0, 0.1) is 0 Å². The van der Waals surface area contributed by atoms with E-state index in [4.69, 9.17) is 22.1 Å². The number of carbonyl (C=O) groups excluding carboxylic acids is 1. The van der Waals surface area contributed by atoms with E-state index < -0.39 is 6.03 Å².